The number of carbonyl (C=O) groups excluding carboxylic acids is 1. The molecule has 1 heterocycles. The van der Waals surface area contributed by atoms with Gasteiger partial charge >= 0.3 is 0 Å². The van der Waals surface area contributed by atoms with E-state index < -0.39 is 10.0 Å². The summed E-state index contributed by atoms with van der Waals surface area (Å²) < 4.78 is 27.7. The number of hydrogen-bond acceptors (Lipinski definition) is 4. The van der Waals surface area contributed by atoms with Gasteiger partial charge in [-0.3, -0.25) is 4.79 Å². The lowest BCUT2D eigenvalue weighted by molar-refractivity contribution is 0.101. The van der Waals surface area contributed by atoms with Gasteiger partial charge in [-0.25, -0.2) is 8.42 Å². The Kier molecular flexibility index (Phi) is 6.04. The minimum atomic E-state index is -3.56. The zero-order chi connectivity index (χ0) is 22.0. The van der Waals surface area contributed by atoms with Crippen molar-refractivity contribution >= 4 is 49.6 Å². The van der Waals surface area contributed by atoms with Crippen LogP contribution in [0.4, 0.5) is 5.69 Å². The fraction of sp³-hybridized carbons (Fsp3) is 0.217. The molecule has 4 rings (SSSR count). The molecular formula is C23H23N3O3S2. The van der Waals surface area contributed by atoms with E-state index in [2.05, 4.69) is 5.32 Å². The molecule has 0 amide bonds. The highest BCUT2D eigenvalue weighted by Gasteiger charge is 2.29. The van der Waals surface area contributed by atoms with Crippen LogP contribution in [-0.4, -0.2) is 54.7 Å². The lowest BCUT2D eigenvalue weighted by atomic mass is 10.1. The number of nitrogens with one attached hydrogen (secondary N) is 1. The van der Waals surface area contributed by atoms with Gasteiger partial charge in [-0.1, -0.05) is 30.3 Å². The lowest BCUT2D eigenvalue weighted by Crippen LogP contribution is -2.51. The summed E-state index contributed by atoms with van der Waals surface area (Å²) in [4.78, 5) is 13.7. The Morgan fingerprint density at radius 3 is 2.19 bits per heavy atom. The summed E-state index contributed by atoms with van der Waals surface area (Å²) in [6, 6.07) is 20.1. The maximum Gasteiger partial charge on any atom is 0.243 e. The molecule has 3 aromatic carbocycles. The summed E-state index contributed by atoms with van der Waals surface area (Å²) in [5.41, 5.74) is 1.44. The Hall–Kier alpha value is -2.81. The molecule has 0 aliphatic carbocycles. The summed E-state index contributed by atoms with van der Waals surface area (Å²) in [5, 5.41) is 5.62. The van der Waals surface area contributed by atoms with Crippen LogP contribution in [0.25, 0.3) is 10.8 Å². The van der Waals surface area contributed by atoms with Crippen molar-refractivity contribution in [3.8, 4) is 0 Å². The van der Waals surface area contributed by atoms with Crippen molar-refractivity contribution in [2.24, 2.45) is 0 Å². The van der Waals surface area contributed by atoms with Crippen LogP contribution in [0.2, 0.25) is 0 Å². The van der Waals surface area contributed by atoms with E-state index in [1.807, 2.05) is 47.4 Å². The lowest BCUT2D eigenvalue weighted by Gasteiger charge is -2.35. The number of sulfonamides is 1. The molecular weight excluding hydrogens is 430 g/mol. The molecule has 0 saturated carbocycles. The van der Waals surface area contributed by atoms with Gasteiger partial charge in [-0.15, -0.1) is 0 Å². The summed E-state index contributed by atoms with van der Waals surface area (Å²) >= 11 is 5.50. The van der Waals surface area contributed by atoms with E-state index >= 15 is 0 Å². The first-order valence-corrected chi connectivity index (χ1v) is 11.9. The van der Waals surface area contributed by atoms with Gasteiger partial charge in [-0.05, 0) is 66.3 Å². The Bertz CT molecular complexity index is 1230. The van der Waals surface area contributed by atoms with Crippen molar-refractivity contribution in [2.45, 2.75) is 11.8 Å². The molecule has 1 fully saturated rings. The minimum Gasteiger partial charge on any atom is -0.346 e. The molecule has 1 aliphatic heterocycles. The molecule has 160 valence electrons. The van der Waals surface area contributed by atoms with E-state index in [4.69, 9.17) is 12.2 Å². The summed E-state index contributed by atoms with van der Waals surface area (Å²) in [6.45, 7) is 3.26. The fourth-order valence-electron chi connectivity index (χ4n) is 3.60. The second-order valence-corrected chi connectivity index (χ2v) is 9.79. The molecule has 0 unspecified atom stereocenters. The number of Topliss-reactive ketones (excluding diaryl/α,β-unsaturated/α-hetero) is 1. The Balaban J connectivity index is 1.40. The first-order chi connectivity index (χ1) is 14.8. The van der Waals surface area contributed by atoms with Crippen molar-refractivity contribution in [3.05, 3.63) is 72.3 Å². The number of nitrogens with zero attached hydrogens (tertiary/aromatic N) is 2. The standard InChI is InChI=1S/C23H23N3O3S2/c1-17(27)18-6-9-21(10-7-18)24-23(30)25-12-14-26(15-13-25)31(28,29)22-11-8-19-4-2-3-5-20(19)16-22/h2-11,16H,12-15H2,1H3,(H,24,30). The number of thiocarbonyl (C=S) groups is 1. The quantitative estimate of drug-likeness (QED) is 0.479. The molecule has 1 saturated heterocycles. The van der Waals surface area contributed by atoms with Crippen LogP contribution in [0, 0.1) is 0 Å². The molecule has 0 bridgehead atoms. The molecule has 1 N–H and O–H groups in total. The van der Waals surface area contributed by atoms with E-state index in [0.29, 0.717) is 41.8 Å². The van der Waals surface area contributed by atoms with E-state index in [1.54, 1.807) is 24.3 Å². The molecule has 31 heavy (non-hydrogen) atoms. The Labute approximate surface area is 187 Å². The van der Waals surface area contributed by atoms with Gasteiger partial charge in [-0.2, -0.15) is 4.31 Å². The smallest absolute Gasteiger partial charge is 0.243 e. The molecule has 1 aliphatic rings. The number of piperazine rings is 1. The number of fused-ring (bicyclic) bond motifs is 1. The van der Waals surface area contributed by atoms with Crippen LogP contribution in [0.5, 0.6) is 0 Å². The van der Waals surface area contributed by atoms with E-state index in [1.165, 1.54) is 11.2 Å². The SMILES string of the molecule is CC(=O)c1ccc(NC(=S)N2CCN(S(=O)(=O)c3ccc4ccccc4c3)CC2)cc1. The first-order valence-electron chi connectivity index (χ1n) is 10.0. The highest BCUT2D eigenvalue weighted by atomic mass is 32.2. The molecule has 6 nitrogen and oxygen atoms in total. The predicted octanol–water partition coefficient (Wildman–Crippen LogP) is 3.75. The topological polar surface area (TPSA) is 69.7 Å². The minimum absolute atomic E-state index is 0.0119. The van der Waals surface area contributed by atoms with E-state index in [-0.39, 0.29) is 5.78 Å². The van der Waals surface area contributed by atoms with Gasteiger partial charge in [0.25, 0.3) is 0 Å². The van der Waals surface area contributed by atoms with Crippen molar-refractivity contribution < 1.29 is 13.2 Å². The average Bonchev–Trinajstić information content (AvgIpc) is 2.79. The molecule has 0 aromatic heterocycles. The van der Waals surface area contributed by atoms with Gasteiger partial charge < -0.3 is 10.2 Å². The Morgan fingerprint density at radius 1 is 0.903 bits per heavy atom. The molecule has 3 aromatic rings. The van der Waals surface area contributed by atoms with Crippen LogP contribution < -0.4 is 5.32 Å². The van der Waals surface area contributed by atoms with Gasteiger partial charge in [0, 0.05) is 37.4 Å². The number of benzene rings is 3. The summed E-state index contributed by atoms with van der Waals surface area (Å²) in [6.07, 6.45) is 0. The Morgan fingerprint density at radius 2 is 1.55 bits per heavy atom. The van der Waals surface area contributed by atoms with Crippen LogP contribution in [0.3, 0.4) is 0 Å². The third kappa shape index (κ3) is 4.61. The number of rotatable bonds is 4. The highest BCUT2D eigenvalue weighted by molar-refractivity contribution is 7.89. The number of hydrogen-bond donors (Lipinski definition) is 1. The normalized spacial score (nSPS) is 15.1. The van der Waals surface area contributed by atoms with Crippen molar-refractivity contribution in [3.63, 3.8) is 0 Å². The average molecular weight is 454 g/mol. The van der Waals surface area contributed by atoms with E-state index in [0.717, 1.165) is 16.5 Å². The molecule has 0 radical (unpaired) electrons. The third-order valence-electron chi connectivity index (χ3n) is 5.43. The van der Waals surface area contributed by atoms with Gasteiger partial charge in [0.15, 0.2) is 10.9 Å². The first kappa shape index (κ1) is 21.4. The van der Waals surface area contributed by atoms with Gasteiger partial charge in [0.1, 0.15) is 0 Å². The maximum atomic E-state index is 13.1. The van der Waals surface area contributed by atoms with Gasteiger partial charge in [0.05, 0.1) is 4.90 Å². The van der Waals surface area contributed by atoms with Gasteiger partial charge in [0.2, 0.25) is 10.0 Å². The number of ketones is 1. The van der Waals surface area contributed by atoms with Crippen LogP contribution >= 0.6 is 12.2 Å². The van der Waals surface area contributed by atoms with Crippen molar-refractivity contribution in [2.75, 3.05) is 31.5 Å². The van der Waals surface area contributed by atoms with Crippen LogP contribution in [0.1, 0.15) is 17.3 Å². The third-order valence-corrected chi connectivity index (χ3v) is 7.68. The predicted molar refractivity (Wildman–Crippen MR) is 127 cm³/mol. The summed E-state index contributed by atoms with van der Waals surface area (Å²) in [7, 11) is -3.56. The number of anilines is 1. The molecule has 0 spiro atoms. The van der Waals surface area contributed by atoms with Crippen molar-refractivity contribution in [1.82, 2.24) is 9.21 Å². The summed E-state index contributed by atoms with van der Waals surface area (Å²) in [5.74, 6) is 0.0119. The monoisotopic (exact) mass is 453 g/mol. The van der Waals surface area contributed by atoms with Crippen LogP contribution in [-0.2, 0) is 10.0 Å². The largest absolute Gasteiger partial charge is 0.346 e. The maximum absolute atomic E-state index is 13.1. The second kappa shape index (κ2) is 8.74. The highest BCUT2D eigenvalue weighted by Crippen LogP contribution is 2.23. The second-order valence-electron chi connectivity index (χ2n) is 7.46. The molecule has 0 atom stereocenters. The zero-order valence-corrected chi connectivity index (χ0v) is 18.7. The van der Waals surface area contributed by atoms with E-state index in [9.17, 15) is 13.2 Å². The fourth-order valence-corrected chi connectivity index (χ4v) is 5.36. The van der Waals surface area contributed by atoms with Crippen molar-refractivity contribution in [1.29, 1.82) is 0 Å². The number of carbonyl (C=O) groups is 1. The van der Waals surface area contributed by atoms with Crippen LogP contribution in [0.15, 0.2) is 71.6 Å². The zero-order valence-electron chi connectivity index (χ0n) is 17.1. The molecule has 8 heteroatoms.